The number of nitrogens with zero attached hydrogens (tertiary/aromatic N) is 2. The van der Waals surface area contributed by atoms with Gasteiger partial charge in [-0.1, -0.05) is 37.3 Å². The summed E-state index contributed by atoms with van der Waals surface area (Å²) in [6.07, 6.45) is -0.243. The maximum Gasteiger partial charge on any atom is 0.411 e. The smallest absolute Gasteiger partial charge is 0.411 e. The van der Waals surface area contributed by atoms with E-state index in [2.05, 4.69) is 5.32 Å². The second-order valence-electron chi connectivity index (χ2n) is 5.61. The molecule has 26 heavy (non-hydrogen) atoms. The third kappa shape index (κ3) is 5.26. The van der Waals surface area contributed by atoms with Crippen LogP contribution >= 0.6 is 0 Å². The molecule has 2 aromatic rings. The third-order valence-corrected chi connectivity index (χ3v) is 3.72. The van der Waals surface area contributed by atoms with Crippen LogP contribution in [0.5, 0.6) is 0 Å². The van der Waals surface area contributed by atoms with Gasteiger partial charge in [0.1, 0.15) is 0 Å². The Labute approximate surface area is 148 Å². The Kier molecular flexibility index (Phi) is 6.20. The number of nitrogens with one attached hydrogen (secondary N) is 1. The molecule has 0 saturated heterocycles. The number of carbonyl (C=O) groups excluding carboxylic acids is 1. The number of nitro groups is 2. The summed E-state index contributed by atoms with van der Waals surface area (Å²) in [5.74, 6) is 0.183. The van der Waals surface area contributed by atoms with Crippen molar-refractivity contribution in [3.63, 3.8) is 0 Å². The lowest BCUT2D eigenvalue weighted by atomic mass is 9.98. The molecule has 0 aliphatic rings. The van der Waals surface area contributed by atoms with Gasteiger partial charge < -0.3 is 4.74 Å². The van der Waals surface area contributed by atoms with Crippen molar-refractivity contribution < 1.29 is 19.4 Å². The van der Waals surface area contributed by atoms with Crippen LogP contribution in [-0.4, -0.2) is 22.5 Å². The minimum Gasteiger partial charge on any atom is -0.449 e. The van der Waals surface area contributed by atoms with E-state index in [1.165, 1.54) is 0 Å². The first kappa shape index (κ1) is 18.8. The first-order valence-electron chi connectivity index (χ1n) is 7.79. The van der Waals surface area contributed by atoms with E-state index in [9.17, 15) is 25.0 Å². The number of nitro benzene ring substituents is 2. The molecule has 2 rings (SSSR count). The van der Waals surface area contributed by atoms with Crippen LogP contribution in [-0.2, 0) is 4.74 Å². The van der Waals surface area contributed by atoms with Gasteiger partial charge >= 0.3 is 6.09 Å². The number of amides is 1. The minimum atomic E-state index is -0.833. The highest BCUT2D eigenvalue weighted by molar-refractivity contribution is 5.85. The number of ether oxygens (including phenoxy) is 1. The predicted octanol–water partition coefficient (Wildman–Crippen LogP) is 4.25. The van der Waals surface area contributed by atoms with Crippen LogP contribution in [0.15, 0.2) is 48.5 Å². The van der Waals surface area contributed by atoms with Gasteiger partial charge in [-0.2, -0.15) is 0 Å². The van der Waals surface area contributed by atoms with Crippen molar-refractivity contribution in [1.82, 2.24) is 0 Å². The lowest BCUT2D eigenvalue weighted by Gasteiger charge is -2.12. The number of anilines is 1. The van der Waals surface area contributed by atoms with E-state index in [1.807, 2.05) is 37.3 Å². The Morgan fingerprint density at radius 3 is 2.19 bits per heavy atom. The van der Waals surface area contributed by atoms with Crippen molar-refractivity contribution in [2.75, 3.05) is 11.9 Å². The van der Waals surface area contributed by atoms with Crippen LogP contribution < -0.4 is 5.32 Å². The van der Waals surface area contributed by atoms with Crippen LogP contribution in [0.4, 0.5) is 21.9 Å². The highest BCUT2D eigenvalue weighted by atomic mass is 16.6. The fourth-order valence-electron chi connectivity index (χ4n) is 2.31. The number of rotatable bonds is 7. The van der Waals surface area contributed by atoms with Gasteiger partial charge in [0.25, 0.3) is 11.4 Å². The highest BCUT2D eigenvalue weighted by Crippen LogP contribution is 2.26. The second-order valence-corrected chi connectivity index (χ2v) is 5.61. The van der Waals surface area contributed by atoms with Crippen LogP contribution in [0.1, 0.15) is 24.8 Å². The van der Waals surface area contributed by atoms with Crippen LogP contribution in [0.3, 0.4) is 0 Å². The van der Waals surface area contributed by atoms with E-state index in [0.29, 0.717) is 6.42 Å². The summed E-state index contributed by atoms with van der Waals surface area (Å²) in [4.78, 5) is 31.9. The largest absolute Gasteiger partial charge is 0.449 e. The Morgan fingerprint density at radius 2 is 1.65 bits per heavy atom. The van der Waals surface area contributed by atoms with Crippen molar-refractivity contribution in [3.8, 4) is 0 Å². The average molecular weight is 359 g/mol. The molecule has 136 valence electrons. The van der Waals surface area contributed by atoms with Gasteiger partial charge in [0.05, 0.1) is 28.2 Å². The summed E-state index contributed by atoms with van der Waals surface area (Å²) in [6.45, 7) is 2.14. The van der Waals surface area contributed by atoms with Crippen molar-refractivity contribution in [2.45, 2.75) is 19.3 Å². The molecule has 9 nitrogen and oxygen atoms in total. The van der Waals surface area contributed by atoms with Crippen molar-refractivity contribution in [2.24, 2.45) is 0 Å². The van der Waals surface area contributed by atoms with Gasteiger partial charge in [0, 0.05) is 12.1 Å². The standard InChI is InChI=1S/C17H17N3O6/c1-12(13-5-3-2-4-6-13)7-8-26-17(21)18-14-9-15(19(22)23)11-16(10-14)20(24)25/h2-6,9-12H,7-8H2,1H3,(H,18,21). The van der Waals surface area contributed by atoms with Gasteiger partial charge in [-0.25, -0.2) is 4.79 Å². The minimum absolute atomic E-state index is 0.0768. The summed E-state index contributed by atoms with van der Waals surface area (Å²) in [5.41, 5.74) is 0.0530. The molecule has 0 aliphatic carbocycles. The molecule has 0 saturated carbocycles. The van der Waals surface area contributed by atoms with Gasteiger partial charge in [-0.05, 0) is 17.9 Å². The van der Waals surface area contributed by atoms with E-state index < -0.39 is 27.3 Å². The Balaban J connectivity index is 1.93. The molecular formula is C17H17N3O6. The van der Waals surface area contributed by atoms with Gasteiger partial charge in [0.2, 0.25) is 0 Å². The highest BCUT2D eigenvalue weighted by Gasteiger charge is 2.18. The zero-order chi connectivity index (χ0) is 19.1. The first-order valence-corrected chi connectivity index (χ1v) is 7.79. The zero-order valence-electron chi connectivity index (χ0n) is 14.0. The number of hydrogen-bond donors (Lipinski definition) is 1. The Bertz CT molecular complexity index is 777. The quantitative estimate of drug-likeness (QED) is 0.582. The SMILES string of the molecule is CC(CCOC(=O)Nc1cc([N+](=O)[O-])cc([N+](=O)[O-])c1)c1ccccc1. The lowest BCUT2D eigenvalue weighted by molar-refractivity contribution is -0.394. The van der Waals surface area contributed by atoms with Crippen molar-refractivity contribution in [3.05, 3.63) is 74.3 Å². The fourth-order valence-corrected chi connectivity index (χ4v) is 2.31. The summed E-state index contributed by atoms with van der Waals surface area (Å²) in [5, 5.41) is 23.9. The molecule has 1 atom stereocenters. The molecule has 0 fully saturated rings. The van der Waals surface area contributed by atoms with Gasteiger partial charge in [-0.15, -0.1) is 0 Å². The van der Waals surface area contributed by atoms with Crippen molar-refractivity contribution in [1.29, 1.82) is 0 Å². The number of hydrogen-bond acceptors (Lipinski definition) is 6. The number of non-ortho nitro benzene ring substituents is 2. The van der Waals surface area contributed by atoms with E-state index in [-0.39, 0.29) is 18.2 Å². The molecule has 0 radical (unpaired) electrons. The van der Waals surface area contributed by atoms with E-state index in [4.69, 9.17) is 4.74 Å². The normalized spacial score (nSPS) is 11.4. The molecule has 1 N–H and O–H groups in total. The van der Waals surface area contributed by atoms with Crippen LogP contribution in [0.25, 0.3) is 0 Å². The molecule has 2 aromatic carbocycles. The summed E-state index contributed by atoms with van der Waals surface area (Å²) in [6, 6.07) is 12.6. The molecule has 1 unspecified atom stereocenters. The summed E-state index contributed by atoms with van der Waals surface area (Å²) >= 11 is 0. The molecule has 1 amide bonds. The molecular weight excluding hydrogens is 342 g/mol. The molecule has 0 aromatic heterocycles. The number of benzene rings is 2. The summed E-state index contributed by atoms with van der Waals surface area (Å²) in [7, 11) is 0. The van der Waals surface area contributed by atoms with Crippen molar-refractivity contribution >= 4 is 23.2 Å². The number of carbonyl (C=O) groups is 1. The monoisotopic (exact) mass is 359 g/mol. The molecule has 0 spiro atoms. The Morgan fingerprint density at radius 1 is 1.08 bits per heavy atom. The van der Waals surface area contributed by atoms with E-state index in [0.717, 1.165) is 23.8 Å². The van der Waals surface area contributed by atoms with Crippen LogP contribution in [0, 0.1) is 20.2 Å². The maximum atomic E-state index is 11.8. The first-order chi connectivity index (χ1) is 12.4. The topological polar surface area (TPSA) is 125 Å². The zero-order valence-corrected chi connectivity index (χ0v) is 14.0. The Hall–Kier alpha value is -3.49. The molecule has 0 bridgehead atoms. The van der Waals surface area contributed by atoms with Gasteiger partial charge in [-0.3, -0.25) is 25.5 Å². The predicted molar refractivity (Wildman–Crippen MR) is 94.2 cm³/mol. The third-order valence-electron chi connectivity index (χ3n) is 3.72. The fraction of sp³-hybridized carbons (Fsp3) is 0.235. The van der Waals surface area contributed by atoms with E-state index in [1.54, 1.807) is 0 Å². The summed E-state index contributed by atoms with van der Waals surface area (Å²) < 4.78 is 5.05. The second kappa shape index (κ2) is 8.56. The average Bonchev–Trinajstić information content (AvgIpc) is 2.61. The van der Waals surface area contributed by atoms with Gasteiger partial charge in [0.15, 0.2) is 0 Å². The molecule has 9 heteroatoms. The van der Waals surface area contributed by atoms with E-state index >= 15 is 0 Å². The lowest BCUT2D eigenvalue weighted by Crippen LogP contribution is -2.15. The maximum absolute atomic E-state index is 11.8. The molecule has 0 aliphatic heterocycles. The van der Waals surface area contributed by atoms with Crippen LogP contribution in [0.2, 0.25) is 0 Å². The molecule has 0 heterocycles.